The van der Waals surface area contributed by atoms with Gasteiger partial charge in [0.1, 0.15) is 0 Å². The van der Waals surface area contributed by atoms with Gasteiger partial charge in [-0.3, -0.25) is 9.55 Å². The molecule has 0 fully saturated rings. The lowest BCUT2D eigenvalue weighted by Crippen LogP contribution is -2.16. The van der Waals surface area contributed by atoms with Crippen LogP contribution in [0.25, 0.3) is 27.8 Å². The van der Waals surface area contributed by atoms with Gasteiger partial charge in [-0.15, -0.1) is 0 Å². The van der Waals surface area contributed by atoms with Gasteiger partial charge in [-0.05, 0) is 23.8 Å². The van der Waals surface area contributed by atoms with E-state index >= 15 is 0 Å². The summed E-state index contributed by atoms with van der Waals surface area (Å²) in [6.45, 7) is 0. The number of aromatic hydroxyl groups is 1. The molecule has 160 valence electrons. The van der Waals surface area contributed by atoms with Crippen LogP contribution < -0.4 is 24.6 Å². The van der Waals surface area contributed by atoms with Gasteiger partial charge in [-0.1, -0.05) is 6.07 Å². The zero-order chi connectivity index (χ0) is 22.1. The SMILES string of the molecule is COc1ccc(-c2c(-n3c(=O)[nH]c4cnccc43)cc(OC)c(OC)c2OC)cc1O. The number of ether oxygens (including phenoxy) is 4. The fraction of sp³-hybridized carbons (Fsp3) is 0.182. The van der Waals surface area contributed by atoms with Crippen LogP contribution in [-0.2, 0) is 0 Å². The summed E-state index contributed by atoms with van der Waals surface area (Å²) in [6, 6.07) is 8.34. The molecule has 0 spiro atoms. The van der Waals surface area contributed by atoms with Crippen molar-refractivity contribution < 1.29 is 24.1 Å². The van der Waals surface area contributed by atoms with E-state index in [0.29, 0.717) is 50.8 Å². The van der Waals surface area contributed by atoms with E-state index in [1.54, 1.807) is 36.7 Å². The highest BCUT2D eigenvalue weighted by Gasteiger charge is 2.25. The van der Waals surface area contributed by atoms with Crippen LogP contribution >= 0.6 is 0 Å². The molecule has 9 heteroatoms. The quantitative estimate of drug-likeness (QED) is 0.491. The van der Waals surface area contributed by atoms with E-state index in [4.69, 9.17) is 18.9 Å². The number of benzene rings is 2. The van der Waals surface area contributed by atoms with E-state index in [9.17, 15) is 9.90 Å². The predicted octanol–water partition coefficient (Wildman–Crippen LogP) is 3.12. The molecular weight excluding hydrogens is 402 g/mol. The number of methoxy groups -OCH3 is 4. The van der Waals surface area contributed by atoms with Crippen molar-refractivity contribution >= 4 is 11.0 Å². The Morgan fingerprint density at radius 1 is 0.935 bits per heavy atom. The summed E-state index contributed by atoms with van der Waals surface area (Å²) in [5.41, 5.74) is 2.41. The summed E-state index contributed by atoms with van der Waals surface area (Å²) in [7, 11) is 5.97. The van der Waals surface area contributed by atoms with Crippen molar-refractivity contribution in [2.24, 2.45) is 0 Å². The van der Waals surface area contributed by atoms with E-state index < -0.39 is 0 Å². The van der Waals surface area contributed by atoms with E-state index in [-0.39, 0.29) is 11.4 Å². The van der Waals surface area contributed by atoms with Crippen LogP contribution in [0.5, 0.6) is 28.7 Å². The second kappa shape index (κ2) is 7.94. The number of hydrogen-bond donors (Lipinski definition) is 2. The van der Waals surface area contributed by atoms with Crippen LogP contribution in [0.3, 0.4) is 0 Å². The fourth-order valence-corrected chi connectivity index (χ4v) is 3.64. The number of rotatable bonds is 6. The van der Waals surface area contributed by atoms with Crippen molar-refractivity contribution in [1.82, 2.24) is 14.5 Å². The molecule has 31 heavy (non-hydrogen) atoms. The van der Waals surface area contributed by atoms with Crippen molar-refractivity contribution in [3.63, 3.8) is 0 Å². The number of phenols is 1. The standard InChI is InChI=1S/C22H21N3O6/c1-28-17-6-5-12(9-16(17)26)19-15(10-18(29-2)20(30-3)21(19)31-4)25-14-7-8-23-11-13(14)24-22(25)27/h5-11,26H,1-4H3,(H,24,27). The third-order valence-corrected chi connectivity index (χ3v) is 5.00. The molecule has 2 heterocycles. The molecule has 2 aromatic heterocycles. The Hall–Kier alpha value is -4.14. The lowest BCUT2D eigenvalue weighted by molar-refractivity contribution is 0.325. The van der Waals surface area contributed by atoms with Gasteiger partial charge in [0.25, 0.3) is 0 Å². The number of aromatic nitrogens is 3. The zero-order valence-electron chi connectivity index (χ0n) is 17.4. The number of hydrogen-bond acceptors (Lipinski definition) is 7. The Bertz CT molecular complexity index is 1330. The van der Waals surface area contributed by atoms with Crippen molar-refractivity contribution in [2.75, 3.05) is 28.4 Å². The normalized spacial score (nSPS) is 10.8. The van der Waals surface area contributed by atoms with Crippen LogP contribution in [0.1, 0.15) is 0 Å². The summed E-state index contributed by atoms with van der Waals surface area (Å²) in [5.74, 6) is 1.34. The molecule has 0 aliphatic carbocycles. The molecule has 9 nitrogen and oxygen atoms in total. The second-order valence-electron chi connectivity index (χ2n) is 6.58. The first kappa shape index (κ1) is 20.1. The average Bonchev–Trinajstić information content (AvgIpc) is 3.12. The van der Waals surface area contributed by atoms with Crippen molar-refractivity contribution in [3.8, 4) is 45.6 Å². The highest BCUT2D eigenvalue weighted by Crippen LogP contribution is 2.49. The van der Waals surface area contributed by atoms with Gasteiger partial charge in [0.15, 0.2) is 23.0 Å². The van der Waals surface area contributed by atoms with Crippen LogP contribution in [-0.4, -0.2) is 48.1 Å². The Morgan fingerprint density at radius 2 is 1.68 bits per heavy atom. The Kier molecular flexibility index (Phi) is 5.16. The molecule has 0 atom stereocenters. The minimum absolute atomic E-state index is 0.0572. The molecule has 0 saturated carbocycles. The van der Waals surface area contributed by atoms with E-state index in [1.807, 2.05) is 0 Å². The first-order valence-electron chi connectivity index (χ1n) is 9.29. The number of H-pyrrole nitrogens is 1. The molecule has 2 aromatic carbocycles. The van der Waals surface area contributed by atoms with Gasteiger partial charge < -0.3 is 29.0 Å². The van der Waals surface area contributed by atoms with E-state index in [1.165, 1.54) is 39.1 Å². The maximum absolute atomic E-state index is 12.9. The molecule has 0 aliphatic heterocycles. The minimum Gasteiger partial charge on any atom is -0.504 e. The Balaban J connectivity index is 2.15. The molecular formula is C22H21N3O6. The molecule has 0 amide bonds. The highest BCUT2D eigenvalue weighted by molar-refractivity contribution is 5.88. The van der Waals surface area contributed by atoms with Gasteiger partial charge in [0, 0.05) is 12.3 Å². The van der Waals surface area contributed by atoms with Crippen LogP contribution in [0.15, 0.2) is 47.5 Å². The summed E-state index contributed by atoms with van der Waals surface area (Å²) in [5, 5.41) is 10.4. The average molecular weight is 423 g/mol. The van der Waals surface area contributed by atoms with Gasteiger partial charge in [0.05, 0.1) is 56.9 Å². The number of imidazole rings is 1. The Labute approximate surface area is 177 Å². The van der Waals surface area contributed by atoms with E-state index in [0.717, 1.165) is 0 Å². The van der Waals surface area contributed by atoms with Crippen molar-refractivity contribution in [3.05, 3.63) is 53.2 Å². The topological polar surface area (TPSA) is 108 Å². The van der Waals surface area contributed by atoms with Crippen LogP contribution in [0, 0.1) is 0 Å². The minimum atomic E-state index is -0.365. The number of nitrogens with zero attached hydrogens (tertiary/aromatic N) is 2. The third kappa shape index (κ3) is 3.20. The van der Waals surface area contributed by atoms with Gasteiger partial charge >= 0.3 is 5.69 Å². The van der Waals surface area contributed by atoms with Gasteiger partial charge in [-0.2, -0.15) is 0 Å². The summed E-state index contributed by atoms with van der Waals surface area (Å²) in [4.78, 5) is 19.8. The van der Waals surface area contributed by atoms with Crippen LogP contribution in [0.4, 0.5) is 0 Å². The smallest absolute Gasteiger partial charge is 0.331 e. The maximum Gasteiger partial charge on any atom is 0.331 e. The molecule has 4 aromatic rings. The largest absolute Gasteiger partial charge is 0.504 e. The third-order valence-electron chi connectivity index (χ3n) is 5.00. The number of pyridine rings is 1. The first-order valence-corrected chi connectivity index (χ1v) is 9.29. The summed E-state index contributed by atoms with van der Waals surface area (Å²) in [6.07, 6.45) is 3.17. The number of aromatic amines is 1. The number of nitrogens with one attached hydrogen (secondary N) is 1. The summed E-state index contributed by atoms with van der Waals surface area (Å²) >= 11 is 0. The molecule has 0 aliphatic rings. The molecule has 0 unspecified atom stereocenters. The van der Waals surface area contributed by atoms with Crippen molar-refractivity contribution in [2.45, 2.75) is 0 Å². The zero-order valence-corrected chi connectivity index (χ0v) is 17.4. The van der Waals surface area contributed by atoms with Crippen molar-refractivity contribution in [1.29, 1.82) is 0 Å². The highest BCUT2D eigenvalue weighted by atomic mass is 16.5. The first-order chi connectivity index (χ1) is 15.0. The molecule has 0 saturated heterocycles. The number of phenolic OH excluding ortho intramolecular Hbond substituents is 1. The molecule has 0 bridgehead atoms. The fourth-order valence-electron chi connectivity index (χ4n) is 3.64. The molecule has 2 N–H and O–H groups in total. The Morgan fingerprint density at radius 3 is 2.32 bits per heavy atom. The predicted molar refractivity (Wildman–Crippen MR) is 115 cm³/mol. The lowest BCUT2D eigenvalue weighted by atomic mass is 10.00. The molecule has 0 radical (unpaired) electrons. The van der Waals surface area contributed by atoms with Crippen LogP contribution in [0.2, 0.25) is 0 Å². The van der Waals surface area contributed by atoms with Gasteiger partial charge in [-0.25, -0.2) is 4.79 Å². The van der Waals surface area contributed by atoms with Gasteiger partial charge in [0.2, 0.25) is 5.75 Å². The summed E-state index contributed by atoms with van der Waals surface area (Å²) < 4.78 is 23.4. The lowest BCUT2D eigenvalue weighted by Gasteiger charge is -2.20. The second-order valence-corrected chi connectivity index (χ2v) is 6.58. The van der Waals surface area contributed by atoms with E-state index in [2.05, 4.69) is 9.97 Å². The maximum atomic E-state index is 12.9. The molecule has 4 rings (SSSR count). The number of fused-ring (bicyclic) bond motifs is 1. The monoisotopic (exact) mass is 423 g/mol.